The normalized spacial score (nSPS) is 10.6. The third kappa shape index (κ3) is 7.78. The van der Waals surface area contributed by atoms with Crippen LogP contribution in [0.15, 0.2) is 12.4 Å². The fourth-order valence-electron chi connectivity index (χ4n) is 1.86. The van der Waals surface area contributed by atoms with E-state index in [1.165, 1.54) is 32.1 Å². The molecule has 0 aliphatic carbocycles. The third-order valence-corrected chi connectivity index (χ3v) is 2.96. The monoisotopic (exact) mass is 265 g/mol. The van der Waals surface area contributed by atoms with Gasteiger partial charge in [0, 0.05) is 13.2 Å². The minimum Gasteiger partial charge on any atom is -0.375 e. The van der Waals surface area contributed by atoms with E-state index in [2.05, 4.69) is 22.2 Å². The van der Waals surface area contributed by atoms with Crippen molar-refractivity contribution in [3.63, 3.8) is 0 Å². The Morgan fingerprint density at radius 2 is 1.79 bits per heavy atom. The molecule has 0 bridgehead atoms. The van der Waals surface area contributed by atoms with E-state index in [9.17, 15) is 0 Å². The molecule has 0 amide bonds. The second-order valence-electron chi connectivity index (χ2n) is 4.74. The van der Waals surface area contributed by atoms with Crippen molar-refractivity contribution in [2.45, 2.75) is 59.0 Å². The minimum absolute atomic E-state index is 0.564. The van der Waals surface area contributed by atoms with Crippen LogP contribution in [0.3, 0.4) is 0 Å². The average Bonchev–Trinajstić information content (AvgIpc) is 2.44. The van der Waals surface area contributed by atoms with Crippen LogP contribution in [0.2, 0.25) is 0 Å². The van der Waals surface area contributed by atoms with Crippen molar-refractivity contribution < 1.29 is 4.74 Å². The van der Waals surface area contributed by atoms with Crippen LogP contribution < -0.4 is 5.32 Å². The largest absolute Gasteiger partial charge is 0.375 e. The molecule has 0 atom stereocenters. The molecule has 0 saturated heterocycles. The van der Waals surface area contributed by atoms with Crippen LogP contribution in [0, 0.1) is 0 Å². The van der Waals surface area contributed by atoms with Crippen LogP contribution in [0.5, 0.6) is 0 Å². The first kappa shape index (κ1) is 15.9. The zero-order valence-electron chi connectivity index (χ0n) is 12.3. The van der Waals surface area contributed by atoms with Crippen LogP contribution in [0.4, 0.5) is 5.82 Å². The summed E-state index contributed by atoms with van der Waals surface area (Å²) in [6.45, 7) is 6.53. The highest BCUT2D eigenvalue weighted by atomic mass is 16.5. The van der Waals surface area contributed by atoms with Crippen molar-refractivity contribution >= 4 is 5.82 Å². The van der Waals surface area contributed by atoms with Crippen molar-refractivity contribution in [1.82, 2.24) is 9.97 Å². The number of unbranched alkanes of at least 4 members (excludes halogenated alkanes) is 5. The van der Waals surface area contributed by atoms with E-state index in [4.69, 9.17) is 4.74 Å². The summed E-state index contributed by atoms with van der Waals surface area (Å²) in [5.41, 5.74) is 0.896. The molecule has 19 heavy (non-hydrogen) atoms. The van der Waals surface area contributed by atoms with Crippen molar-refractivity contribution in [3.8, 4) is 0 Å². The molecule has 0 fully saturated rings. The maximum Gasteiger partial charge on any atom is 0.144 e. The first-order chi connectivity index (χ1) is 9.36. The minimum atomic E-state index is 0.564. The molecule has 1 aromatic heterocycles. The van der Waals surface area contributed by atoms with Crippen molar-refractivity contribution in [2.24, 2.45) is 0 Å². The Labute approximate surface area is 117 Å². The highest BCUT2D eigenvalue weighted by molar-refractivity contribution is 5.30. The van der Waals surface area contributed by atoms with Gasteiger partial charge >= 0.3 is 0 Å². The van der Waals surface area contributed by atoms with Crippen LogP contribution in [-0.2, 0) is 11.3 Å². The maximum absolute atomic E-state index is 5.60. The molecule has 0 radical (unpaired) electrons. The molecular formula is C15H27N3O. The Balaban J connectivity index is 2.02. The number of hydrogen-bond acceptors (Lipinski definition) is 4. The highest BCUT2D eigenvalue weighted by Crippen LogP contribution is 2.06. The molecule has 1 rings (SSSR count). The Hall–Kier alpha value is -1.16. The molecule has 1 aromatic rings. The summed E-state index contributed by atoms with van der Waals surface area (Å²) in [6, 6.07) is 0. The average molecular weight is 265 g/mol. The maximum atomic E-state index is 5.60. The summed E-state index contributed by atoms with van der Waals surface area (Å²) in [5, 5.41) is 3.12. The van der Waals surface area contributed by atoms with Gasteiger partial charge in [-0.1, -0.05) is 39.0 Å². The summed E-state index contributed by atoms with van der Waals surface area (Å²) in [5.74, 6) is 0.821. The number of anilines is 1. The predicted molar refractivity (Wildman–Crippen MR) is 79.2 cm³/mol. The second kappa shape index (κ2) is 10.7. The number of aromatic nitrogens is 2. The van der Waals surface area contributed by atoms with Gasteiger partial charge in [0.1, 0.15) is 5.82 Å². The van der Waals surface area contributed by atoms with Gasteiger partial charge < -0.3 is 10.1 Å². The standard InChI is InChI=1S/C15H27N3O/c1-3-5-6-7-8-9-10-19-13-14-11-18-15(12-17-14)16-4-2/h11-12H,3-10,13H2,1-2H3,(H,16,18). The lowest BCUT2D eigenvalue weighted by Crippen LogP contribution is -2.02. The Kier molecular flexibility index (Phi) is 8.98. The van der Waals surface area contributed by atoms with Crippen LogP contribution in [0.1, 0.15) is 58.1 Å². The van der Waals surface area contributed by atoms with E-state index in [1.54, 1.807) is 12.4 Å². The summed E-state index contributed by atoms with van der Waals surface area (Å²) in [7, 11) is 0. The Bertz CT molecular complexity index is 314. The number of hydrogen-bond donors (Lipinski definition) is 1. The van der Waals surface area contributed by atoms with Gasteiger partial charge in [0.15, 0.2) is 0 Å². The molecule has 1 heterocycles. The summed E-state index contributed by atoms with van der Waals surface area (Å²) in [4.78, 5) is 8.57. The smallest absolute Gasteiger partial charge is 0.144 e. The number of nitrogens with one attached hydrogen (secondary N) is 1. The SMILES string of the molecule is CCCCCCCCOCc1cnc(NCC)cn1. The molecule has 4 nitrogen and oxygen atoms in total. The summed E-state index contributed by atoms with van der Waals surface area (Å²) in [6.07, 6.45) is 11.3. The lowest BCUT2D eigenvalue weighted by atomic mass is 10.1. The first-order valence-corrected chi connectivity index (χ1v) is 7.49. The van der Waals surface area contributed by atoms with E-state index in [-0.39, 0.29) is 0 Å². The highest BCUT2D eigenvalue weighted by Gasteiger charge is 1.97. The van der Waals surface area contributed by atoms with Gasteiger partial charge in [0.25, 0.3) is 0 Å². The van der Waals surface area contributed by atoms with Gasteiger partial charge in [-0.25, -0.2) is 4.98 Å². The van der Waals surface area contributed by atoms with E-state index in [0.29, 0.717) is 6.61 Å². The molecule has 0 saturated carbocycles. The number of ether oxygens (including phenoxy) is 1. The predicted octanol–water partition coefficient (Wildman–Crippen LogP) is 3.79. The molecule has 4 heteroatoms. The molecule has 0 aliphatic heterocycles. The molecule has 108 valence electrons. The Morgan fingerprint density at radius 3 is 2.47 bits per heavy atom. The van der Waals surface area contributed by atoms with Gasteiger partial charge in [0.2, 0.25) is 0 Å². The fourth-order valence-corrected chi connectivity index (χ4v) is 1.86. The third-order valence-electron chi connectivity index (χ3n) is 2.96. The van der Waals surface area contributed by atoms with E-state index in [0.717, 1.165) is 31.1 Å². The van der Waals surface area contributed by atoms with E-state index in [1.807, 2.05) is 6.92 Å². The van der Waals surface area contributed by atoms with Gasteiger partial charge in [0.05, 0.1) is 24.7 Å². The topological polar surface area (TPSA) is 47.0 Å². The van der Waals surface area contributed by atoms with E-state index < -0.39 is 0 Å². The molecule has 1 N–H and O–H groups in total. The molecule has 0 spiro atoms. The molecule has 0 unspecified atom stereocenters. The van der Waals surface area contributed by atoms with Crippen molar-refractivity contribution in [1.29, 1.82) is 0 Å². The van der Waals surface area contributed by atoms with Gasteiger partial charge in [-0.15, -0.1) is 0 Å². The lowest BCUT2D eigenvalue weighted by molar-refractivity contribution is 0.114. The van der Waals surface area contributed by atoms with Crippen LogP contribution >= 0.6 is 0 Å². The van der Waals surface area contributed by atoms with Gasteiger partial charge in [-0.05, 0) is 13.3 Å². The first-order valence-electron chi connectivity index (χ1n) is 7.49. The van der Waals surface area contributed by atoms with Crippen molar-refractivity contribution in [2.75, 3.05) is 18.5 Å². The summed E-state index contributed by atoms with van der Waals surface area (Å²) < 4.78 is 5.60. The quantitative estimate of drug-likeness (QED) is 0.618. The lowest BCUT2D eigenvalue weighted by Gasteiger charge is -2.05. The number of nitrogens with zero attached hydrogens (tertiary/aromatic N) is 2. The van der Waals surface area contributed by atoms with Gasteiger partial charge in [-0.2, -0.15) is 0 Å². The fraction of sp³-hybridized carbons (Fsp3) is 0.733. The van der Waals surface area contributed by atoms with E-state index >= 15 is 0 Å². The van der Waals surface area contributed by atoms with Gasteiger partial charge in [-0.3, -0.25) is 4.98 Å². The molecule has 0 aliphatic rings. The Morgan fingerprint density at radius 1 is 1.00 bits per heavy atom. The summed E-state index contributed by atoms with van der Waals surface area (Å²) >= 11 is 0. The molecular weight excluding hydrogens is 238 g/mol. The van der Waals surface area contributed by atoms with Crippen molar-refractivity contribution in [3.05, 3.63) is 18.1 Å². The number of rotatable bonds is 11. The zero-order chi connectivity index (χ0) is 13.8. The molecule has 0 aromatic carbocycles. The zero-order valence-corrected chi connectivity index (χ0v) is 12.3. The van der Waals surface area contributed by atoms with Crippen LogP contribution in [-0.4, -0.2) is 23.1 Å². The second-order valence-corrected chi connectivity index (χ2v) is 4.74. The van der Waals surface area contributed by atoms with Crippen LogP contribution in [0.25, 0.3) is 0 Å².